The molecule has 2 fully saturated rings. The van der Waals surface area contributed by atoms with Crippen molar-refractivity contribution in [3.8, 4) is 0 Å². The third-order valence-corrected chi connectivity index (χ3v) is 6.52. The van der Waals surface area contributed by atoms with E-state index in [1.807, 2.05) is 0 Å². The van der Waals surface area contributed by atoms with Gasteiger partial charge in [-0.3, -0.25) is 4.79 Å². The molecule has 2 atom stereocenters. The lowest BCUT2D eigenvalue weighted by Crippen LogP contribution is -2.42. The highest BCUT2D eigenvalue weighted by Gasteiger charge is 2.45. The lowest BCUT2D eigenvalue weighted by Gasteiger charge is -2.30. The molecule has 0 bridgehead atoms. The zero-order valence-electron chi connectivity index (χ0n) is 12.7. The Balaban J connectivity index is 1.83. The van der Waals surface area contributed by atoms with Gasteiger partial charge in [0.1, 0.15) is 0 Å². The molecule has 2 saturated heterocycles. The molecule has 0 unspecified atom stereocenters. The van der Waals surface area contributed by atoms with Crippen molar-refractivity contribution in [2.75, 3.05) is 26.7 Å². The second-order valence-electron chi connectivity index (χ2n) is 6.07. The molecule has 0 radical (unpaired) electrons. The molecule has 7 nitrogen and oxygen atoms in total. The molecule has 8 heteroatoms. The highest BCUT2D eigenvalue weighted by atomic mass is 32.2. The zero-order valence-corrected chi connectivity index (χ0v) is 13.5. The Labute approximate surface area is 134 Å². The smallest absolute Gasteiger partial charge is 0.335 e. The SMILES string of the molecule is CN1CC[C@@H]2CN(S(=O)(=O)c3ccc(C(=O)O)cc3)C[C@@H]2C1=O. The molecule has 3 rings (SSSR count). The predicted molar refractivity (Wildman–Crippen MR) is 81.4 cm³/mol. The highest BCUT2D eigenvalue weighted by molar-refractivity contribution is 7.89. The Morgan fingerprint density at radius 3 is 2.48 bits per heavy atom. The van der Waals surface area contributed by atoms with Crippen LogP contribution in [0.4, 0.5) is 0 Å². The van der Waals surface area contributed by atoms with Crippen molar-refractivity contribution < 1.29 is 23.1 Å². The molecule has 0 saturated carbocycles. The second kappa shape index (κ2) is 5.61. The van der Waals surface area contributed by atoms with Gasteiger partial charge in [0.05, 0.1) is 16.4 Å². The third kappa shape index (κ3) is 2.72. The molecule has 2 aliphatic rings. The number of carbonyl (C=O) groups excluding carboxylic acids is 1. The summed E-state index contributed by atoms with van der Waals surface area (Å²) in [6.45, 7) is 1.19. The van der Waals surface area contributed by atoms with Crippen molar-refractivity contribution in [3.05, 3.63) is 29.8 Å². The van der Waals surface area contributed by atoms with Crippen LogP contribution in [0, 0.1) is 11.8 Å². The maximum absolute atomic E-state index is 12.7. The summed E-state index contributed by atoms with van der Waals surface area (Å²) in [5, 5.41) is 8.88. The summed E-state index contributed by atoms with van der Waals surface area (Å²) < 4.78 is 26.7. The van der Waals surface area contributed by atoms with Crippen LogP contribution in [0.5, 0.6) is 0 Å². The minimum atomic E-state index is -3.71. The maximum atomic E-state index is 12.7. The Kier molecular flexibility index (Phi) is 3.89. The number of sulfonamides is 1. The van der Waals surface area contributed by atoms with Gasteiger partial charge in [0.15, 0.2) is 0 Å². The summed E-state index contributed by atoms with van der Waals surface area (Å²) in [4.78, 5) is 24.7. The maximum Gasteiger partial charge on any atom is 0.335 e. The van der Waals surface area contributed by atoms with Gasteiger partial charge in [-0.25, -0.2) is 13.2 Å². The Hall–Kier alpha value is -1.93. The van der Waals surface area contributed by atoms with E-state index in [9.17, 15) is 18.0 Å². The molecular formula is C15H18N2O5S. The Morgan fingerprint density at radius 2 is 1.87 bits per heavy atom. The predicted octanol–water partition coefficient (Wildman–Crippen LogP) is 0.484. The normalized spacial score (nSPS) is 25.4. The topological polar surface area (TPSA) is 95.0 Å². The standard InChI is InChI=1S/C15H18N2O5S/c1-16-7-6-11-8-17(9-13(11)14(16)18)23(21,22)12-4-2-10(3-5-12)15(19)20/h2-5,11,13H,6-9H2,1H3,(H,19,20)/t11-,13+/m1/s1. The van der Waals surface area contributed by atoms with E-state index in [0.717, 1.165) is 6.42 Å². The molecule has 124 valence electrons. The average Bonchev–Trinajstić information content (AvgIpc) is 2.97. The quantitative estimate of drug-likeness (QED) is 0.865. The van der Waals surface area contributed by atoms with Crippen LogP contribution in [0.1, 0.15) is 16.8 Å². The number of hydrogen-bond donors (Lipinski definition) is 1. The molecule has 2 aliphatic heterocycles. The van der Waals surface area contributed by atoms with E-state index in [0.29, 0.717) is 13.1 Å². The molecule has 1 aromatic rings. The van der Waals surface area contributed by atoms with Crippen molar-refractivity contribution in [2.24, 2.45) is 11.8 Å². The van der Waals surface area contributed by atoms with E-state index in [2.05, 4.69) is 0 Å². The fourth-order valence-corrected chi connectivity index (χ4v) is 4.79. The fourth-order valence-electron chi connectivity index (χ4n) is 3.27. The van der Waals surface area contributed by atoms with E-state index in [4.69, 9.17) is 5.11 Å². The molecule has 2 heterocycles. The van der Waals surface area contributed by atoms with E-state index in [-0.39, 0.29) is 34.7 Å². The minimum Gasteiger partial charge on any atom is -0.478 e. The van der Waals surface area contributed by atoms with Gasteiger partial charge in [0, 0.05) is 26.7 Å². The number of aromatic carboxylic acids is 1. The van der Waals surface area contributed by atoms with Crippen LogP contribution in [0.25, 0.3) is 0 Å². The summed E-state index contributed by atoms with van der Waals surface area (Å²) in [5.74, 6) is -1.32. The number of amides is 1. The Bertz CT molecular complexity index is 744. The minimum absolute atomic E-state index is 0.000162. The van der Waals surface area contributed by atoms with Crippen LogP contribution in [0.2, 0.25) is 0 Å². The summed E-state index contributed by atoms with van der Waals surface area (Å²) >= 11 is 0. The van der Waals surface area contributed by atoms with Gasteiger partial charge in [-0.05, 0) is 36.6 Å². The first-order chi connectivity index (χ1) is 10.8. The van der Waals surface area contributed by atoms with Crippen molar-refractivity contribution >= 4 is 21.9 Å². The van der Waals surface area contributed by atoms with Crippen LogP contribution in [0.15, 0.2) is 29.2 Å². The average molecular weight is 338 g/mol. The van der Waals surface area contributed by atoms with Crippen molar-refractivity contribution in [3.63, 3.8) is 0 Å². The first kappa shape index (κ1) is 15.9. The number of carbonyl (C=O) groups is 2. The molecule has 1 N–H and O–H groups in total. The molecule has 1 amide bonds. The highest BCUT2D eigenvalue weighted by Crippen LogP contribution is 2.34. The second-order valence-corrected chi connectivity index (χ2v) is 8.00. The first-order valence-electron chi connectivity index (χ1n) is 7.39. The van der Waals surface area contributed by atoms with E-state index in [1.54, 1.807) is 11.9 Å². The van der Waals surface area contributed by atoms with Gasteiger partial charge in [0.25, 0.3) is 0 Å². The molecule has 0 aliphatic carbocycles. The number of fused-ring (bicyclic) bond motifs is 1. The van der Waals surface area contributed by atoms with Crippen LogP contribution < -0.4 is 0 Å². The monoisotopic (exact) mass is 338 g/mol. The number of nitrogens with zero attached hydrogens (tertiary/aromatic N) is 2. The van der Waals surface area contributed by atoms with Crippen LogP contribution >= 0.6 is 0 Å². The largest absolute Gasteiger partial charge is 0.478 e. The lowest BCUT2D eigenvalue weighted by molar-refractivity contribution is -0.137. The van der Waals surface area contributed by atoms with Gasteiger partial charge in [-0.15, -0.1) is 0 Å². The van der Waals surface area contributed by atoms with E-state index in [1.165, 1.54) is 28.6 Å². The summed E-state index contributed by atoms with van der Waals surface area (Å²) in [6, 6.07) is 5.15. The van der Waals surface area contributed by atoms with Crippen LogP contribution in [0.3, 0.4) is 0 Å². The van der Waals surface area contributed by atoms with Gasteiger partial charge in [-0.1, -0.05) is 0 Å². The Morgan fingerprint density at radius 1 is 1.22 bits per heavy atom. The van der Waals surface area contributed by atoms with Crippen molar-refractivity contribution in [1.82, 2.24) is 9.21 Å². The van der Waals surface area contributed by atoms with Gasteiger partial charge in [-0.2, -0.15) is 4.31 Å². The van der Waals surface area contributed by atoms with E-state index >= 15 is 0 Å². The molecule has 0 aromatic heterocycles. The zero-order chi connectivity index (χ0) is 16.8. The van der Waals surface area contributed by atoms with Gasteiger partial charge in [0.2, 0.25) is 15.9 Å². The number of rotatable bonds is 3. The van der Waals surface area contributed by atoms with Crippen molar-refractivity contribution in [1.29, 1.82) is 0 Å². The molecular weight excluding hydrogens is 320 g/mol. The molecule has 0 spiro atoms. The van der Waals surface area contributed by atoms with Crippen LogP contribution in [-0.4, -0.2) is 61.3 Å². The van der Waals surface area contributed by atoms with Gasteiger partial charge < -0.3 is 10.0 Å². The molecule has 1 aromatic carbocycles. The fraction of sp³-hybridized carbons (Fsp3) is 0.467. The van der Waals surface area contributed by atoms with Gasteiger partial charge >= 0.3 is 5.97 Å². The number of piperidine rings is 1. The lowest BCUT2D eigenvalue weighted by atomic mass is 9.88. The number of benzene rings is 1. The number of carboxylic acids is 1. The summed E-state index contributed by atoms with van der Waals surface area (Å²) in [6.07, 6.45) is 0.802. The van der Waals surface area contributed by atoms with Crippen molar-refractivity contribution in [2.45, 2.75) is 11.3 Å². The first-order valence-corrected chi connectivity index (χ1v) is 8.83. The van der Waals surface area contributed by atoms with Crippen LogP contribution in [-0.2, 0) is 14.8 Å². The number of hydrogen-bond acceptors (Lipinski definition) is 4. The third-order valence-electron chi connectivity index (χ3n) is 4.68. The molecule has 23 heavy (non-hydrogen) atoms. The van der Waals surface area contributed by atoms with E-state index < -0.39 is 16.0 Å². The number of likely N-dealkylation sites (tertiary alicyclic amines) is 1. The summed E-state index contributed by atoms with van der Waals surface area (Å²) in [7, 11) is -1.97. The number of carboxylic acid groups (broad SMARTS) is 1. The summed E-state index contributed by atoms with van der Waals surface area (Å²) in [5.41, 5.74) is 0.0378.